The largest absolute Gasteiger partial charge is 0.103 e. The molecule has 0 aromatic rings. The van der Waals surface area contributed by atoms with Crippen molar-refractivity contribution in [2.24, 2.45) is 22.7 Å². The maximum Gasteiger partial charge on any atom is -0.0266 e. The van der Waals surface area contributed by atoms with Crippen LogP contribution in [-0.4, -0.2) is 0 Å². The molecule has 0 aromatic heterocycles. The molecule has 12 heavy (non-hydrogen) atoms. The lowest BCUT2D eigenvalue weighted by Crippen LogP contribution is -2.46. The molecule has 0 radical (unpaired) electrons. The van der Waals surface area contributed by atoms with Crippen molar-refractivity contribution in [2.45, 2.75) is 40.0 Å². The monoisotopic (exact) mass is 164 g/mol. The molecule has 3 unspecified atom stereocenters. The molecule has 0 amide bonds. The highest BCUT2D eigenvalue weighted by Gasteiger charge is 2.65. The predicted octanol–water partition coefficient (Wildman–Crippen LogP) is 3.63. The molecule has 0 heteroatoms. The Bertz CT molecular complexity index is 211. The maximum absolute atomic E-state index is 3.85. The van der Waals surface area contributed by atoms with Gasteiger partial charge in [-0.15, -0.1) is 6.58 Å². The van der Waals surface area contributed by atoms with Gasteiger partial charge in [-0.05, 0) is 41.9 Å². The highest BCUT2D eigenvalue weighted by Crippen LogP contribution is 2.73. The fourth-order valence-electron chi connectivity index (χ4n) is 3.60. The van der Waals surface area contributed by atoms with Gasteiger partial charge in [0.1, 0.15) is 0 Å². The highest BCUT2D eigenvalue weighted by molar-refractivity contribution is 5.14. The van der Waals surface area contributed by atoms with Crippen LogP contribution in [0.3, 0.4) is 0 Å². The topological polar surface area (TPSA) is 0 Å². The van der Waals surface area contributed by atoms with Crippen molar-refractivity contribution in [3.63, 3.8) is 0 Å². The van der Waals surface area contributed by atoms with Crippen LogP contribution >= 0.6 is 0 Å². The lowest BCUT2D eigenvalue weighted by atomic mass is 9.51. The quantitative estimate of drug-likeness (QED) is 0.547. The summed E-state index contributed by atoms with van der Waals surface area (Å²) in [6, 6.07) is 0. The summed E-state index contributed by atoms with van der Waals surface area (Å²) in [5, 5.41) is 0. The van der Waals surface area contributed by atoms with E-state index in [-0.39, 0.29) is 0 Å². The first kappa shape index (κ1) is 8.34. The van der Waals surface area contributed by atoms with Crippen LogP contribution in [-0.2, 0) is 0 Å². The molecule has 3 aliphatic carbocycles. The van der Waals surface area contributed by atoms with Crippen molar-refractivity contribution < 1.29 is 0 Å². The molecule has 3 saturated carbocycles. The second kappa shape index (κ2) is 2.16. The van der Waals surface area contributed by atoms with Gasteiger partial charge in [-0.3, -0.25) is 0 Å². The van der Waals surface area contributed by atoms with Gasteiger partial charge in [0.05, 0.1) is 0 Å². The average Bonchev–Trinajstić information content (AvgIpc) is 2.39. The molecule has 0 aromatic carbocycles. The minimum absolute atomic E-state index is 0.612. The van der Waals surface area contributed by atoms with Gasteiger partial charge in [-0.1, -0.05) is 26.8 Å². The Morgan fingerprint density at radius 3 is 2.33 bits per heavy atom. The fraction of sp³-hybridized carbons (Fsp3) is 0.833. The number of hydrogen-bond donors (Lipinski definition) is 0. The number of rotatable bonds is 2. The summed E-state index contributed by atoms with van der Waals surface area (Å²) in [4.78, 5) is 0. The lowest BCUT2D eigenvalue weighted by molar-refractivity contribution is -0.0457. The first-order chi connectivity index (χ1) is 5.51. The second-order valence-corrected chi connectivity index (χ2v) is 5.58. The van der Waals surface area contributed by atoms with E-state index >= 15 is 0 Å². The molecular weight excluding hydrogens is 144 g/mol. The van der Waals surface area contributed by atoms with Crippen LogP contribution < -0.4 is 0 Å². The molecule has 68 valence electrons. The first-order valence-electron chi connectivity index (χ1n) is 5.12. The van der Waals surface area contributed by atoms with Gasteiger partial charge < -0.3 is 0 Å². The van der Waals surface area contributed by atoms with Crippen LogP contribution in [0.15, 0.2) is 12.7 Å². The third-order valence-electron chi connectivity index (χ3n) is 4.90. The zero-order chi connectivity index (χ0) is 8.98. The second-order valence-electron chi connectivity index (χ2n) is 5.58. The molecule has 3 atom stereocenters. The van der Waals surface area contributed by atoms with Gasteiger partial charge in [-0.2, -0.15) is 0 Å². The van der Waals surface area contributed by atoms with Crippen molar-refractivity contribution in [1.82, 2.24) is 0 Å². The fourth-order valence-corrected chi connectivity index (χ4v) is 3.60. The molecule has 0 nitrogen and oxygen atoms in total. The minimum Gasteiger partial charge on any atom is -0.103 e. The summed E-state index contributed by atoms with van der Waals surface area (Å²) in [5.74, 6) is 1.93. The van der Waals surface area contributed by atoms with Crippen LogP contribution in [0.1, 0.15) is 40.0 Å². The summed E-state index contributed by atoms with van der Waals surface area (Å²) in [7, 11) is 0. The van der Waals surface area contributed by atoms with E-state index in [1.807, 2.05) is 0 Å². The Balaban J connectivity index is 2.16. The van der Waals surface area contributed by atoms with E-state index < -0.39 is 0 Å². The van der Waals surface area contributed by atoms with Crippen molar-refractivity contribution in [1.29, 1.82) is 0 Å². The maximum atomic E-state index is 3.85. The zero-order valence-corrected chi connectivity index (χ0v) is 8.56. The molecule has 0 N–H and O–H groups in total. The van der Waals surface area contributed by atoms with Crippen molar-refractivity contribution in [2.75, 3.05) is 0 Å². The van der Waals surface area contributed by atoms with E-state index in [0.717, 1.165) is 11.8 Å². The summed E-state index contributed by atoms with van der Waals surface area (Å²) in [6.07, 6.45) is 6.25. The van der Waals surface area contributed by atoms with Crippen LogP contribution in [0.2, 0.25) is 0 Å². The molecule has 3 rings (SSSR count). The minimum atomic E-state index is 0.612. The molecule has 3 aliphatic rings. The smallest absolute Gasteiger partial charge is 0.0266 e. The Hall–Kier alpha value is -0.260. The summed E-state index contributed by atoms with van der Waals surface area (Å²) < 4.78 is 0. The van der Waals surface area contributed by atoms with E-state index in [1.54, 1.807) is 0 Å². The van der Waals surface area contributed by atoms with Gasteiger partial charge in [0.25, 0.3) is 0 Å². The van der Waals surface area contributed by atoms with Crippen LogP contribution in [0.5, 0.6) is 0 Å². The molecule has 0 spiro atoms. The van der Waals surface area contributed by atoms with E-state index in [2.05, 4.69) is 33.4 Å². The first-order valence-corrected chi connectivity index (χ1v) is 5.12. The van der Waals surface area contributed by atoms with Crippen LogP contribution in [0.25, 0.3) is 0 Å². The zero-order valence-electron chi connectivity index (χ0n) is 8.56. The Morgan fingerprint density at radius 1 is 1.33 bits per heavy atom. The third-order valence-corrected chi connectivity index (χ3v) is 4.90. The van der Waals surface area contributed by atoms with Gasteiger partial charge in [0.15, 0.2) is 0 Å². The molecule has 3 fully saturated rings. The highest BCUT2D eigenvalue weighted by atomic mass is 14.7. The summed E-state index contributed by atoms with van der Waals surface area (Å²) in [6.45, 7) is 11.2. The number of fused-ring (bicyclic) bond motifs is 1. The van der Waals surface area contributed by atoms with Gasteiger partial charge >= 0.3 is 0 Å². The van der Waals surface area contributed by atoms with E-state index in [4.69, 9.17) is 0 Å². The molecular formula is C12H20. The van der Waals surface area contributed by atoms with E-state index in [1.165, 1.54) is 19.3 Å². The standard InChI is InChI=1S/C12H20/c1-5-6-9-7-12(4)8-10(9)11(12,2)3/h5,9-10H,1,6-8H2,2-4H3. The summed E-state index contributed by atoms with van der Waals surface area (Å²) in [5.41, 5.74) is 1.27. The lowest BCUT2D eigenvalue weighted by Gasteiger charge is -2.53. The Labute approximate surface area is 76.1 Å². The molecule has 2 bridgehead atoms. The Kier molecular flexibility index (Phi) is 1.50. The molecule has 0 saturated heterocycles. The van der Waals surface area contributed by atoms with E-state index in [9.17, 15) is 0 Å². The summed E-state index contributed by atoms with van der Waals surface area (Å²) >= 11 is 0. The molecule has 0 aliphatic heterocycles. The third kappa shape index (κ3) is 0.739. The molecule has 0 heterocycles. The number of hydrogen-bond acceptors (Lipinski definition) is 0. The van der Waals surface area contributed by atoms with Gasteiger partial charge in [0, 0.05) is 0 Å². The Morgan fingerprint density at radius 2 is 2.00 bits per heavy atom. The average molecular weight is 164 g/mol. The SMILES string of the molecule is C=CCC1CC2(C)CC1C2(C)C. The van der Waals surface area contributed by atoms with Gasteiger partial charge in [0.2, 0.25) is 0 Å². The van der Waals surface area contributed by atoms with Crippen molar-refractivity contribution in [3.8, 4) is 0 Å². The van der Waals surface area contributed by atoms with Crippen molar-refractivity contribution >= 4 is 0 Å². The van der Waals surface area contributed by atoms with E-state index in [0.29, 0.717) is 10.8 Å². The van der Waals surface area contributed by atoms with Crippen LogP contribution in [0.4, 0.5) is 0 Å². The van der Waals surface area contributed by atoms with Crippen molar-refractivity contribution in [3.05, 3.63) is 12.7 Å². The van der Waals surface area contributed by atoms with Gasteiger partial charge in [-0.25, -0.2) is 0 Å². The van der Waals surface area contributed by atoms with Crippen LogP contribution in [0, 0.1) is 22.7 Å². The number of allylic oxidation sites excluding steroid dienone is 1. The normalized spacial score (nSPS) is 48.6. The predicted molar refractivity (Wildman–Crippen MR) is 52.9 cm³/mol.